The highest BCUT2D eigenvalue weighted by Crippen LogP contribution is 2.24. The maximum Gasteiger partial charge on any atom is 0.242 e. The first-order valence-corrected chi connectivity index (χ1v) is 8.02. The molecule has 112 valence electrons. The monoisotopic (exact) mass is 348 g/mol. The maximum absolute atomic E-state index is 13.0. The first-order valence-electron chi connectivity index (χ1n) is 5.78. The fourth-order valence-electron chi connectivity index (χ4n) is 1.64. The zero-order valence-electron chi connectivity index (χ0n) is 10.6. The number of benzene rings is 2. The van der Waals surface area contributed by atoms with Gasteiger partial charge in [-0.05, 0) is 35.9 Å². The second-order valence-corrected chi connectivity index (χ2v) is 6.81. The molecule has 0 unspecified atom stereocenters. The second-order valence-electron chi connectivity index (χ2n) is 4.26. The SMILES string of the molecule is Nc1ccc(S(=O)(=O)NCc2ccc(F)c(Cl)c2)c(Cl)c1. The fraction of sp³-hybridized carbons (Fsp3) is 0.0769. The lowest BCUT2D eigenvalue weighted by molar-refractivity contribution is 0.581. The molecule has 0 heterocycles. The third-order valence-corrected chi connectivity index (χ3v) is 4.87. The Morgan fingerprint density at radius 2 is 1.81 bits per heavy atom. The molecule has 2 aromatic rings. The van der Waals surface area contributed by atoms with E-state index in [2.05, 4.69) is 4.72 Å². The Morgan fingerprint density at radius 3 is 2.43 bits per heavy atom. The molecule has 2 rings (SSSR count). The van der Waals surface area contributed by atoms with Crippen molar-refractivity contribution in [2.24, 2.45) is 0 Å². The van der Waals surface area contributed by atoms with Gasteiger partial charge in [0.25, 0.3) is 0 Å². The minimum Gasteiger partial charge on any atom is -0.399 e. The van der Waals surface area contributed by atoms with Gasteiger partial charge in [-0.3, -0.25) is 0 Å². The van der Waals surface area contributed by atoms with Gasteiger partial charge in [-0.25, -0.2) is 17.5 Å². The van der Waals surface area contributed by atoms with Gasteiger partial charge in [0, 0.05) is 12.2 Å². The van der Waals surface area contributed by atoms with Crippen molar-refractivity contribution in [3.05, 3.63) is 57.8 Å². The first kappa shape index (κ1) is 16.0. The second kappa shape index (κ2) is 6.19. The maximum atomic E-state index is 13.0. The summed E-state index contributed by atoms with van der Waals surface area (Å²) >= 11 is 11.5. The Bertz CT molecular complexity index is 782. The summed E-state index contributed by atoms with van der Waals surface area (Å²) in [6, 6.07) is 8.07. The number of sulfonamides is 1. The number of halogens is 3. The van der Waals surface area contributed by atoms with Crippen molar-refractivity contribution in [1.29, 1.82) is 0 Å². The van der Waals surface area contributed by atoms with Crippen LogP contribution in [0.4, 0.5) is 10.1 Å². The van der Waals surface area contributed by atoms with E-state index in [4.69, 9.17) is 28.9 Å². The van der Waals surface area contributed by atoms with Crippen LogP contribution in [0.1, 0.15) is 5.56 Å². The molecular weight excluding hydrogens is 338 g/mol. The summed E-state index contributed by atoms with van der Waals surface area (Å²) in [7, 11) is -3.80. The molecule has 0 saturated heterocycles. The Kier molecular flexibility index (Phi) is 4.73. The first-order chi connectivity index (χ1) is 9.79. The number of nitrogen functional groups attached to an aromatic ring is 1. The summed E-state index contributed by atoms with van der Waals surface area (Å²) in [6.45, 7) is -0.0387. The number of anilines is 1. The summed E-state index contributed by atoms with van der Waals surface area (Å²) in [6.07, 6.45) is 0. The number of nitrogens with one attached hydrogen (secondary N) is 1. The van der Waals surface area contributed by atoms with Crippen LogP contribution in [0.5, 0.6) is 0 Å². The molecule has 0 amide bonds. The topological polar surface area (TPSA) is 72.2 Å². The highest BCUT2D eigenvalue weighted by Gasteiger charge is 2.17. The smallest absolute Gasteiger partial charge is 0.242 e. The minimum absolute atomic E-state index is 0.0274. The van der Waals surface area contributed by atoms with Crippen LogP contribution in [-0.4, -0.2) is 8.42 Å². The molecule has 2 aromatic carbocycles. The van der Waals surface area contributed by atoms with Crippen LogP contribution >= 0.6 is 23.2 Å². The molecule has 0 bridgehead atoms. The van der Waals surface area contributed by atoms with Crippen LogP contribution in [0.15, 0.2) is 41.3 Å². The van der Waals surface area contributed by atoms with Gasteiger partial charge >= 0.3 is 0 Å². The summed E-state index contributed by atoms with van der Waals surface area (Å²) in [4.78, 5) is -0.0772. The average Bonchev–Trinajstić information content (AvgIpc) is 2.40. The molecule has 21 heavy (non-hydrogen) atoms. The Morgan fingerprint density at radius 1 is 1.10 bits per heavy atom. The van der Waals surface area contributed by atoms with E-state index in [9.17, 15) is 12.8 Å². The van der Waals surface area contributed by atoms with Crippen molar-refractivity contribution in [2.45, 2.75) is 11.4 Å². The largest absolute Gasteiger partial charge is 0.399 e. The van der Waals surface area contributed by atoms with Gasteiger partial charge in [0.2, 0.25) is 10.0 Å². The van der Waals surface area contributed by atoms with Crippen molar-refractivity contribution in [3.8, 4) is 0 Å². The molecule has 4 nitrogen and oxygen atoms in total. The Labute approximate surface area is 131 Å². The Hall–Kier alpha value is -1.34. The summed E-state index contributed by atoms with van der Waals surface area (Å²) in [5, 5.41) is -0.0446. The normalized spacial score (nSPS) is 11.6. The number of rotatable bonds is 4. The molecule has 0 saturated carbocycles. The van der Waals surface area contributed by atoms with E-state index in [1.54, 1.807) is 0 Å². The lowest BCUT2D eigenvalue weighted by atomic mass is 10.2. The molecule has 0 aliphatic carbocycles. The van der Waals surface area contributed by atoms with Crippen LogP contribution in [-0.2, 0) is 16.6 Å². The summed E-state index contributed by atoms with van der Waals surface area (Å²) in [5.74, 6) is -0.565. The van der Waals surface area contributed by atoms with Crippen molar-refractivity contribution in [2.75, 3.05) is 5.73 Å². The zero-order valence-corrected chi connectivity index (χ0v) is 12.9. The molecule has 0 spiro atoms. The molecule has 0 atom stereocenters. The predicted octanol–water partition coefficient (Wildman–Crippen LogP) is 3.19. The van der Waals surface area contributed by atoms with E-state index in [1.807, 2.05) is 0 Å². The van der Waals surface area contributed by atoms with Gasteiger partial charge in [-0.15, -0.1) is 0 Å². The van der Waals surface area contributed by atoms with Crippen LogP contribution < -0.4 is 10.5 Å². The van der Waals surface area contributed by atoms with E-state index >= 15 is 0 Å². The van der Waals surface area contributed by atoms with E-state index in [0.717, 1.165) is 0 Å². The minimum atomic E-state index is -3.80. The van der Waals surface area contributed by atoms with Crippen molar-refractivity contribution in [1.82, 2.24) is 4.72 Å². The van der Waals surface area contributed by atoms with E-state index in [0.29, 0.717) is 11.3 Å². The van der Waals surface area contributed by atoms with E-state index < -0.39 is 15.8 Å². The molecule has 0 aliphatic rings. The molecular formula is C13H11Cl2FN2O2S. The molecule has 3 N–H and O–H groups in total. The van der Waals surface area contributed by atoms with Gasteiger partial charge in [-0.1, -0.05) is 29.3 Å². The van der Waals surface area contributed by atoms with Gasteiger partial charge in [-0.2, -0.15) is 0 Å². The zero-order chi connectivity index (χ0) is 15.6. The third-order valence-electron chi connectivity index (χ3n) is 2.70. The Balaban J connectivity index is 2.19. The standard InChI is InChI=1S/C13H11Cl2FN2O2S/c14-10-5-8(1-3-12(10)16)7-18-21(19,20)13-4-2-9(17)6-11(13)15/h1-6,18H,7,17H2. The van der Waals surface area contributed by atoms with Crippen LogP contribution in [0, 0.1) is 5.82 Å². The lowest BCUT2D eigenvalue weighted by Gasteiger charge is -2.09. The summed E-state index contributed by atoms with van der Waals surface area (Å²) < 4.78 is 39.7. The predicted molar refractivity (Wildman–Crippen MR) is 81.3 cm³/mol. The van der Waals surface area contributed by atoms with Gasteiger partial charge in [0.15, 0.2) is 0 Å². The van der Waals surface area contributed by atoms with Gasteiger partial charge < -0.3 is 5.73 Å². The van der Waals surface area contributed by atoms with Gasteiger partial charge in [0.1, 0.15) is 10.7 Å². The quantitative estimate of drug-likeness (QED) is 0.833. The average molecular weight is 349 g/mol. The van der Waals surface area contributed by atoms with Crippen LogP contribution in [0.2, 0.25) is 10.0 Å². The number of hydrogen-bond donors (Lipinski definition) is 2. The van der Waals surface area contributed by atoms with E-state index in [1.165, 1.54) is 36.4 Å². The molecule has 8 heteroatoms. The fourth-order valence-corrected chi connectivity index (χ4v) is 3.41. The highest BCUT2D eigenvalue weighted by atomic mass is 35.5. The van der Waals surface area contributed by atoms with Crippen LogP contribution in [0.3, 0.4) is 0 Å². The molecule has 0 fully saturated rings. The third kappa shape index (κ3) is 3.85. The molecule has 0 aromatic heterocycles. The van der Waals surface area contributed by atoms with Crippen molar-refractivity contribution < 1.29 is 12.8 Å². The number of hydrogen-bond acceptors (Lipinski definition) is 3. The van der Waals surface area contributed by atoms with Crippen molar-refractivity contribution in [3.63, 3.8) is 0 Å². The number of nitrogens with two attached hydrogens (primary N) is 1. The summed E-state index contributed by atoms with van der Waals surface area (Å²) in [5.41, 5.74) is 6.41. The van der Waals surface area contributed by atoms with Crippen LogP contribution in [0.25, 0.3) is 0 Å². The molecule has 0 aliphatic heterocycles. The molecule has 0 radical (unpaired) electrons. The highest BCUT2D eigenvalue weighted by molar-refractivity contribution is 7.89. The lowest BCUT2D eigenvalue weighted by Crippen LogP contribution is -2.23. The van der Waals surface area contributed by atoms with Crippen molar-refractivity contribution >= 4 is 38.9 Å². The van der Waals surface area contributed by atoms with Gasteiger partial charge in [0.05, 0.1) is 10.0 Å². The van der Waals surface area contributed by atoms with E-state index in [-0.39, 0.29) is 21.5 Å².